The van der Waals surface area contributed by atoms with Crippen LogP contribution in [0.5, 0.6) is 11.5 Å². The lowest BCUT2D eigenvalue weighted by molar-refractivity contribution is 0.306. The van der Waals surface area contributed by atoms with E-state index in [1.165, 1.54) is 25.7 Å². The smallest absolute Gasteiger partial charge is 0.119 e. The average Bonchev–Trinajstić information content (AvgIpc) is 2.94. The second-order valence-corrected chi connectivity index (χ2v) is 9.52. The third kappa shape index (κ3) is 12.2. The lowest BCUT2D eigenvalue weighted by Gasteiger charge is -2.09. The van der Waals surface area contributed by atoms with E-state index in [2.05, 4.69) is 24.2 Å². The van der Waals surface area contributed by atoms with Gasteiger partial charge in [0.1, 0.15) is 11.5 Å². The maximum Gasteiger partial charge on any atom is 0.119 e. The Hall–Kier alpha value is -3.02. The number of oxime groups is 2. The zero-order valence-corrected chi connectivity index (χ0v) is 22.8. The highest BCUT2D eigenvalue weighted by atomic mass is 16.5. The van der Waals surface area contributed by atoms with Crippen molar-refractivity contribution in [3.05, 3.63) is 59.7 Å². The Labute approximate surface area is 223 Å². The van der Waals surface area contributed by atoms with E-state index in [1.807, 2.05) is 48.5 Å². The molecule has 0 aromatic heterocycles. The van der Waals surface area contributed by atoms with Gasteiger partial charge in [-0.3, -0.25) is 0 Å². The molecule has 0 saturated carbocycles. The Morgan fingerprint density at radius 2 is 0.919 bits per heavy atom. The van der Waals surface area contributed by atoms with Crippen LogP contribution in [0.25, 0.3) is 0 Å². The summed E-state index contributed by atoms with van der Waals surface area (Å²) in [6.07, 6.45) is 13.5. The van der Waals surface area contributed by atoms with Crippen LogP contribution in [-0.4, -0.2) is 35.1 Å². The summed E-state index contributed by atoms with van der Waals surface area (Å²) in [7, 11) is 0. The maximum absolute atomic E-state index is 9.48. The number of hydrogen-bond acceptors (Lipinski definition) is 6. The van der Waals surface area contributed by atoms with E-state index in [4.69, 9.17) is 9.47 Å². The molecule has 37 heavy (non-hydrogen) atoms. The van der Waals surface area contributed by atoms with Gasteiger partial charge >= 0.3 is 0 Å². The van der Waals surface area contributed by atoms with Gasteiger partial charge in [0.25, 0.3) is 0 Å². The van der Waals surface area contributed by atoms with Crippen molar-refractivity contribution in [3.63, 3.8) is 0 Å². The molecule has 0 radical (unpaired) electrons. The monoisotopic (exact) mass is 510 g/mol. The summed E-state index contributed by atoms with van der Waals surface area (Å²) in [6, 6.07) is 15.6. The number of nitrogens with zero attached hydrogens (tertiary/aromatic N) is 2. The van der Waals surface area contributed by atoms with Gasteiger partial charge in [-0.2, -0.15) is 0 Å². The van der Waals surface area contributed by atoms with E-state index in [1.54, 1.807) is 0 Å². The fourth-order valence-corrected chi connectivity index (χ4v) is 4.19. The van der Waals surface area contributed by atoms with Gasteiger partial charge in [-0.1, -0.05) is 69.1 Å². The first-order valence-electron chi connectivity index (χ1n) is 14.1. The van der Waals surface area contributed by atoms with Crippen molar-refractivity contribution in [2.45, 2.75) is 97.3 Å². The van der Waals surface area contributed by atoms with Crippen LogP contribution in [0.15, 0.2) is 58.8 Å². The maximum atomic E-state index is 9.48. The summed E-state index contributed by atoms with van der Waals surface area (Å²) in [5.41, 5.74) is 3.30. The van der Waals surface area contributed by atoms with E-state index < -0.39 is 0 Å². The van der Waals surface area contributed by atoms with Crippen molar-refractivity contribution in [1.82, 2.24) is 0 Å². The lowest BCUT2D eigenvalue weighted by atomic mass is 10.0. The quantitative estimate of drug-likeness (QED) is 0.0808. The standard InChI is InChI=1S/C31H46N2O4/c1-3-5-12-24-36-28-20-16-26(17-21-28)30(32-34)14-10-8-7-9-11-15-31(33-35)27-18-22-29(23-19-27)37-25-13-6-4-2/h16-23,34-35H,3-15,24-25H2,1-2H3/b32-30-,33-31-. The molecular formula is C31H46N2O4. The Balaban J connectivity index is 1.63. The molecule has 2 aromatic carbocycles. The zero-order valence-electron chi connectivity index (χ0n) is 22.8. The molecule has 0 aliphatic carbocycles. The molecule has 6 heteroatoms. The number of unbranched alkanes of at least 4 members (excludes halogenated alkanes) is 8. The van der Waals surface area contributed by atoms with Crippen LogP contribution in [-0.2, 0) is 0 Å². The summed E-state index contributed by atoms with van der Waals surface area (Å²) in [5.74, 6) is 1.71. The SMILES string of the molecule is CCCCCOc1ccc(/C(CCCCCCC/C(=N/O)c2ccc(OCCCCC)cc2)=N\O)cc1. The summed E-state index contributed by atoms with van der Waals surface area (Å²) in [4.78, 5) is 0. The van der Waals surface area contributed by atoms with Gasteiger partial charge in [0.15, 0.2) is 0 Å². The van der Waals surface area contributed by atoms with Crippen molar-refractivity contribution in [3.8, 4) is 11.5 Å². The molecule has 0 aliphatic rings. The molecule has 0 bridgehead atoms. The third-order valence-electron chi connectivity index (χ3n) is 6.48. The van der Waals surface area contributed by atoms with Gasteiger partial charge in [0, 0.05) is 0 Å². The van der Waals surface area contributed by atoms with Gasteiger partial charge < -0.3 is 19.9 Å². The molecule has 0 atom stereocenters. The van der Waals surface area contributed by atoms with E-state index >= 15 is 0 Å². The second-order valence-electron chi connectivity index (χ2n) is 9.52. The first-order valence-corrected chi connectivity index (χ1v) is 14.1. The molecule has 6 nitrogen and oxygen atoms in total. The molecule has 204 valence electrons. The summed E-state index contributed by atoms with van der Waals surface area (Å²) in [6.45, 7) is 5.83. The normalized spacial score (nSPS) is 12.1. The minimum absolute atomic E-state index is 0.713. The Bertz CT molecular complexity index is 832. The first kappa shape index (κ1) is 30.2. The molecule has 0 heterocycles. The van der Waals surface area contributed by atoms with Crippen LogP contribution in [0.4, 0.5) is 0 Å². The van der Waals surface area contributed by atoms with Crippen molar-refractivity contribution < 1.29 is 19.9 Å². The van der Waals surface area contributed by atoms with Crippen LogP contribution in [0.3, 0.4) is 0 Å². The van der Waals surface area contributed by atoms with Gasteiger partial charge in [-0.25, -0.2) is 0 Å². The van der Waals surface area contributed by atoms with Crippen molar-refractivity contribution in [1.29, 1.82) is 0 Å². The molecule has 2 rings (SSSR count). The summed E-state index contributed by atoms with van der Waals surface area (Å²) in [5, 5.41) is 26.0. The lowest BCUT2D eigenvalue weighted by Crippen LogP contribution is -2.03. The van der Waals surface area contributed by atoms with Crippen LogP contribution in [0.2, 0.25) is 0 Å². The number of benzene rings is 2. The molecule has 0 fully saturated rings. The number of rotatable bonds is 20. The van der Waals surface area contributed by atoms with E-state index in [0.29, 0.717) is 11.4 Å². The fourth-order valence-electron chi connectivity index (χ4n) is 4.19. The predicted molar refractivity (Wildman–Crippen MR) is 152 cm³/mol. The molecule has 0 amide bonds. The molecule has 0 spiro atoms. The van der Waals surface area contributed by atoms with Gasteiger partial charge in [0.2, 0.25) is 0 Å². The van der Waals surface area contributed by atoms with Crippen molar-refractivity contribution >= 4 is 11.4 Å². The number of ether oxygens (including phenoxy) is 2. The van der Waals surface area contributed by atoms with Gasteiger partial charge in [-0.15, -0.1) is 0 Å². The number of hydrogen-bond donors (Lipinski definition) is 2. The Kier molecular flexibility index (Phi) is 15.6. The summed E-state index contributed by atoms with van der Waals surface area (Å²) >= 11 is 0. The van der Waals surface area contributed by atoms with Crippen LogP contribution in [0, 0.1) is 0 Å². The van der Waals surface area contributed by atoms with Crippen LogP contribution >= 0.6 is 0 Å². The molecule has 0 aliphatic heterocycles. The molecule has 2 N–H and O–H groups in total. The van der Waals surface area contributed by atoms with Crippen molar-refractivity contribution in [2.24, 2.45) is 10.3 Å². The molecule has 2 aromatic rings. The first-order chi connectivity index (χ1) is 18.2. The molecular weight excluding hydrogens is 464 g/mol. The highest BCUT2D eigenvalue weighted by Gasteiger charge is 2.07. The van der Waals surface area contributed by atoms with Crippen LogP contribution in [0.1, 0.15) is 108 Å². The topological polar surface area (TPSA) is 83.6 Å². The second kappa shape index (κ2) is 19.1. The van der Waals surface area contributed by atoms with Crippen molar-refractivity contribution in [2.75, 3.05) is 13.2 Å². The minimum Gasteiger partial charge on any atom is -0.494 e. The van der Waals surface area contributed by atoms with E-state index in [-0.39, 0.29) is 0 Å². The average molecular weight is 511 g/mol. The van der Waals surface area contributed by atoms with Crippen LogP contribution < -0.4 is 9.47 Å². The van der Waals surface area contributed by atoms with E-state index in [9.17, 15) is 10.4 Å². The molecule has 0 unspecified atom stereocenters. The summed E-state index contributed by atoms with van der Waals surface area (Å²) < 4.78 is 11.5. The largest absolute Gasteiger partial charge is 0.494 e. The highest BCUT2D eigenvalue weighted by Crippen LogP contribution is 2.18. The Morgan fingerprint density at radius 1 is 0.541 bits per heavy atom. The molecule has 0 saturated heterocycles. The minimum atomic E-state index is 0.713. The zero-order chi connectivity index (χ0) is 26.6. The van der Waals surface area contributed by atoms with E-state index in [0.717, 1.165) is 93.6 Å². The highest BCUT2D eigenvalue weighted by molar-refractivity contribution is 6.00. The predicted octanol–water partition coefficient (Wildman–Crippen LogP) is 8.61. The third-order valence-corrected chi connectivity index (χ3v) is 6.48. The van der Waals surface area contributed by atoms with Gasteiger partial charge in [0.05, 0.1) is 24.6 Å². The van der Waals surface area contributed by atoms with Gasteiger partial charge in [-0.05, 0) is 98.2 Å². The Morgan fingerprint density at radius 3 is 1.27 bits per heavy atom. The fraction of sp³-hybridized carbons (Fsp3) is 0.548.